The molecule has 0 aliphatic rings. The average Bonchev–Trinajstić information content (AvgIpc) is 2.94. The molecule has 0 saturated carbocycles. The third-order valence-electron chi connectivity index (χ3n) is 2.78. The summed E-state index contributed by atoms with van der Waals surface area (Å²) < 4.78 is 5.14. The van der Waals surface area contributed by atoms with E-state index in [2.05, 4.69) is 19.9 Å². The van der Waals surface area contributed by atoms with Crippen LogP contribution in [0.1, 0.15) is 33.1 Å². The highest BCUT2D eigenvalue weighted by Gasteiger charge is 2.07. The molecule has 6 nitrogen and oxygen atoms in total. The number of esters is 1. The SMILES string of the molecule is CC(C)COC(=O)CCCCSc1ncnc2nc[nH]c12. The number of ether oxygens (including phenoxy) is 1. The van der Waals surface area contributed by atoms with Crippen molar-refractivity contribution in [3.05, 3.63) is 12.7 Å². The molecular formula is C14H20N4O2S. The number of unbranched alkanes of at least 4 members (excludes halogenated alkanes) is 1. The highest BCUT2D eigenvalue weighted by atomic mass is 32.2. The van der Waals surface area contributed by atoms with Crippen molar-refractivity contribution in [1.29, 1.82) is 0 Å². The van der Waals surface area contributed by atoms with Crippen LogP contribution >= 0.6 is 11.8 Å². The summed E-state index contributed by atoms with van der Waals surface area (Å²) in [6.07, 6.45) is 5.40. The van der Waals surface area contributed by atoms with Gasteiger partial charge in [0.15, 0.2) is 5.65 Å². The minimum absolute atomic E-state index is 0.105. The maximum absolute atomic E-state index is 11.5. The monoisotopic (exact) mass is 308 g/mol. The van der Waals surface area contributed by atoms with Gasteiger partial charge in [-0.15, -0.1) is 11.8 Å². The van der Waals surface area contributed by atoms with Crippen molar-refractivity contribution >= 4 is 28.9 Å². The van der Waals surface area contributed by atoms with Crippen LogP contribution in [0, 0.1) is 5.92 Å². The van der Waals surface area contributed by atoms with Gasteiger partial charge in [0.05, 0.1) is 12.9 Å². The van der Waals surface area contributed by atoms with Crippen molar-refractivity contribution in [1.82, 2.24) is 19.9 Å². The van der Waals surface area contributed by atoms with Gasteiger partial charge in [0.1, 0.15) is 16.9 Å². The fourth-order valence-corrected chi connectivity index (χ4v) is 2.68. The summed E-state index contributed by atoms with van der Waals surface area (Å²) in [6.45, 7) is 4.57. The minimum atomic E-state index is -0.105. The predicted octanol–water partition coefficient (Wildman–Crippen LogP) is 2.81. The van der Waals surface area contributed by atoms with Gasteiger partial charge in [-0.1, -0.05) is 13.8 Å². The first-order valence-corrected chi connectivity index (χ1v) is 8.08. The fraction of sp³-hybridized carbons (Fsp3) is 0.571. The van der Waals surface area contributed by atoms with Crippen molar-refractivity contribution in [3.63, 3.8) is 0 Å². The van der Waals surface area contributed by atoms with Gasteiger partial charge < -0.3 is 9.72 Å². The van der Waals surface area contributed by atoms with E-state index < -0.39 is 0 Å². The molecule has 21 heavy (non-hydrogen) atoms. The summed E-state index contributed by atoms with van der Waals surface area (Å²) in [7, 11) is 0. The van der Waals surface area contributed by atoms with E-state index in [1.165, 1.54) is 6.33 Å². The van der Waals surface area contributed by atoms with Crippen LogP contribution in [0.15, 0.2) is 17.7 Å². The standard InChI is InChI=1S/C14H20N4O2S/c1-10(2)7-20-11(19)5-3-4-6-21-14-12-13(16-8-15-12)17-9-18-14/h8-10H,3-7H2,1-2H3,(H,15,16,17,18). The van der Waals surface area contributed by atoms with Crippen LogP contribution in [0.2, 0.25) is 0 Å². The Hall–Kier alpha value is -1.63. The molecule has 2 rings (SSSR count). The predicted molar refractivity (Wildman–Crippen MR) is 82.1 cm³/mol. The van der Waals surface area contributed by atoms with Crippen molar-refractivity contribution in [2.24, 2.45) is 5.92 Å². The molecule has 0 aromatic carbocycles. The zero-order chi connectivity index (χ0) is 15.1. The molecule has 0 bridgehead atoms. The highest BCUT2D eigenvalue weighted by Crippen LogP contribution is 2.22. The van der Waals surface area contributed by atoms with E-state index in [4.69, 9.17) is 4.74 Å². The molecule has 0 radical (unpaired) electrons. The van der Waals surface area contributed by atoms with Crippen molar-refractivity contribution in [2.75, 3.05) is 12.4 Å². The van der Waals surface area contributed by atoms with Crippen LogP contribution in [0.4, 0.5) is 0 Å². The van der Waals surface area contributed by atoms with Crippen LogP contribution in [0.5, 0.6) is 0 Å². The summed E-state index contributed by atoms with van der Waals surface area (Å²) in [4.78, 5) is 26.9. The average molecular weight is 308 g/mol. The topological polar surface area (TPSA) is 80.8 Å². The first kappa shape index (κ1) is 15.8. The van der Waals surface area contributed by atoms with Gasteiger partial charge in [0, 0.05) is 6.42 Å². The Balaban J connectivity index is 1.66. The van der Waals surface area contributed by atoms with Gasteiger partial charge in [-0.2, -0.15) is 0 Å². The lowest BCUT2D eigenvalue weighted by Gasteiger charge is -2.06. The van der Waals surface area contributed by atoms with Crippen molar-refractivity contribution in [3.8, 4) is 0 Å². The lowest BCUT2D eigenvalue weighted by Crippen LogP contribution is -2.09. The quantitative estimate of drug-likeness (QED) is 0.349. The van der Waals surface area contributed by atoms with Gasteiger partial charge >= 0.3 is 5.97 Å². The van der Waals surface area contributed by atoms with E-state index in [0.717, 1.165) is 29.1 Å². The Morgan fingerprint density at radius 2 is 2.19 bits per heavy atom. The molecule has 2 heterocycles. The second kappa shape index (κ2) is 7.97. The second-order valence-corrected chi connectivity index (χ2v) is 6.25. The molecule has 0 spiro atoms. The molecule has 0 amide bonds. The third-order valence-corrected chi connectivity index (χ3v) is 3.86. The molecule has 2 aromatic heterocycles. The number of carbonyl (C=O) groups excluding carboxylic acids is 1. The van der Waals surface area contributed by atoms with Crippen LogP contribution in [0.3, 0.4) is 0 Å². The number of aromatic amines is 1. The van der Waals surface area contributed by atoms with Gasteiger partial charge in [-0.25, -0.2) is 15.0 Å². The van der Waals surface area contributed by atoms with Crippen LogP contribution in [-0.4, -0.2) is 38.3 Å². The van der Waals surface area contributed by atoms with Gasteiger partial charge in [-0.3, -0.25) is 4.79 Å². The highest BCUT2D eigenvalue weighted by molar-refractivity contribution is 7.99. The summed E-state index contributed by atoms with van der Waals surface area (Å²) >= 11 is 1.65. The number of nitrogens with one attached hydrogen (secondary N) is 1. The molecule has 0 aliphatic heterocycles. The van der Waals surface area contributed by atoms with Gasteiger partial charge in [0.2, 0.25) is 0 Å². The molecule has 2 aromatic rings. The maximum atomic E-state index is 11.5. The summed E-state index contributed by atoms with van der Waals surface area (Å²) in [5.41, 5.74) is 1.56. The molecule has 7 heteroatoms. The molecule has 1 N–H and O–H groups in total. The van der Waals surface area contributed by atoms with E-state index >= 15 is 0 Å². The van der Waals surface area contributed by atoms with E-state index in [0.29, 0.717) is 24.6 Å². The zero-order valence-electron chi connectivity index (χ0n) is 12.3. The summed E-state index contributed by atoms with van der Waals surface area (Å²) in [5, 5.41) is 0.903. The first-order valence-electron chi connectivity index (χ1n) is 7.09. The smallest absolute Gasteiger partial charge is 0.305 e. The lowest BCUT2D eigenvalue weighted by atomic mass is 10.2. The fourth-order valence-electron chi connectivity index (χ4n) is 1.72. The van der Waals surface area contributed by atoms with Crippen LogP contribution < -0.4 is 0 Å². The van der Waals surface area contributed by atoms with Crippen LogP contribution in [-0.2, 0) is 9.53 Å². The first-order chi connectivity index (χ1) is 10.2. The second-order valence-electron chi connectivity index (χ2n) is 5.16. The molecule has 0 aliphatic carbocycles. The molecule has 0 unspecified atom stereocenters. The number of aromatic nitrogens is 4. The Morgan fingerprint density at radius 1 is 1.33 bits per heavy atom. The number of thioether (sulfide) groups is 1. The number of imidazole rings is 1. The Labute approximate surface area is 128 Å². The normalized spacial score (nSPS) is 11.2. The molecule has 114 valence electrons. The number of nitrogens with zero attached hydrogens (tertiary/aromatic N) is 3. The lowest BCUT2D eigenvalue weighted by molar-refractivity contribution is -0.144. The Kier molecular flexibility index (Phi) is 5.98. The van der Waals surface area contributed by atoms with Crippen molar-refractivity contribution in [2.45, 2.75) is 38.1 Å². The molecular weight excluding hydrogens is 288 g/mol. The Morgan fingerprint density at radius 3 is 3.00 bits per heavy atom. The number of H-pyrrole nitrogens is 1. The zero-order valence-corrected chi connectivity index (χ0v) is 13.2. The largest absolute Gasteiger partial charge is 0.465 e. The number of hydrogen-bond donors (Lipinski definition) is 1. The summed E-state index contributed by atoms with van der Waals surface area (Å²) in [6, 6.07) is 0. The van der Waals surface area contributed by atoms with Gasteiger partial charge in [0.25, 0.3) is 0 Å². The van der Waals surface area contributed by atoms with Crippen LogP contribution in [0.25, 0.3) is 11.2 Å². The molecule has 0 fully saturated rings. The van der Waals surface area contributed by atoms with E-state index in [1.807, 2.05) is 13.8 Å². The van der Waals surface area contributed by atoms with E-state index in [-0.39, 0.29) is 5.97 Å². The number of fused-ring (bicyclic) bond motifs is 1. The van der Waals surface area contributed by atoms with Gasteiger partial charge in [-0.05, 0) is 24.5 Å². The Bertz CT molecular complexity index is 585. The molecule has 0 atom stereocenters. The maximum Gasteiger partial charge on any atom is 0.305 e. The number of rotatable bonds is 8. The number of hydrogen-bond acceptors (Lipinski definition) is 6. The minimum Gasteiger partial charge on any atom is -0.465 e. The third kappa shape index (κ3) is 5.00. The number of carbonyl (C=O) groups is 1. The van der Waals surface area contributed by atoms with Crippen molar-refractivity contribution < 1.29 is 9.53 Å². The summed E-state index contributed by atoms with van der Waals surface area (Å²) in [5.74, 6) is 1.19. The van der Waals surface area contributed by atoms with E-state index in [9.17, 15) is 4.79 Å². The molecule has 0 saturated heterocycles. The van der Waals surface area contributed by atoms with E-state index in [1.54, 1.807) is 18.1 Å².